The molecule has 108 valence electrons. The predicted molar refractivity (Wildman–Crippen MR) is 84.1 cm³/mol. The number of aryl methyl sites for hydroxylation is 1. The van der Waals surface area contributed by atoms with Gasteiger partial charge in [0.2, 0.25) is 0 Å². The van der Waals surface area contributed by atoms with Crippen molar-refractivity contribution in [3.05, 3.63) is 52.8 Å². The van der Waals surface area contributed by atoms with Gasteiger partial charge in [-0.2, -0.15) is 5.10 Å². The first-order valence-corrected chi connectivity index (χ1v) is 7.62. The first kappa shape index (κ1) is 15.1. The summed E-state index contributed by atoms with van der Waals surface area (Å²) in [6, 6.07) is 10.5. The van der Waals surface area contributed by atoms with E-state index in [1.807, 2.05) is 18.3 Å². The Morgan fingerprint density at radius 2 is 1.95 bits per heavy atom. The molecule has 0 aliphatic carbocycles. The van der Waals surface area contributed by atoms with Crippen LogP contribution >= 0.6 is 11.6 Å². The van der Waals surface area contributed by atoms with Gasteiger partial charge in [-0.3, -0.25) is 4.68 Å². The highest BCUT2D eigenvalue weighted by atomic mass is 35.5. The van der Waals surface area contributed by atoms with Crippen molar-refractivity contribution in [2.75, 3.05) is 6.54 Å². The topological polar surface area (TPSA) is 29.9 Å². The zero-order valence-corrected chi connectivity index (χ0v) is 12.9. The molecule has 3 nitrogen and oxygen atoms in total. The molecule has 1 heterocycles. The molecular weight excluding hydrogens is 270 g/mol. The van der Waals surface area contributed by atoms with Crippen LogP contribution in [0, 0.1) is 0 Å². The second-order valence-electron chi connectivity index (χ2n) is 4.91. The van der Waals surface area contributed by atoms with Crippen molar-refractivity contribution in [1.82, 2.24) is 15.1 Å². The molecule has 1 N–H and O–H groups in total. The molecule has 1 aromatic carbocycles. The van der Waals surface area contributed by atoms with Crippen LogP contribution in [0.4, 0.5) is 0 Å². The Kier molecular flexibility index (Phi) is 5.62. The molecule has 1 unspecified atom stereocenters. The lowest BCUT2D eigenvalue weighted by Gasteiger charge is -2.20. The third kappa shape index (κ3) is 3.84. The molecule has 0 fully saturated rings. The van der Waals surface area contributed by atoms with Crippen molar-refractivity contribution in [2.24, 2.45) is 0 Å². The van der Waals surface area contributed by atoms with Gasteiger partial charge in [-0.15, -0.1) is 0 Å². The second-order valence-corrected chi connectivity index (χ2v) is 5.35. The SMILES string of the molecule is CCCNC(Cc1ccc(Cl)cc1)c1ccnn1CC. The molecular formula is C16H22ClN3. The van der Waals surface area contributed by atoms with Crippen molar-refractivity contribution in [2.45, 2.75) is 39.3 Å². The van der Waals surface area contributed by atoms with Crippen molar-refractivity contribution >= 4 is 11.6 Å². The molecule has 1 aromatic heterocycles. The van der Waals surface area contributed by atoms with Gasteiger partial charge in [0.15, 0.2) is 0 Å². The predicted octanol–water partition coefficient (Wildman–Crippen LogP) is 3.84. The molecule has 0 radical (unpaired) electrons. The normalized spacial score (nSPS) is 12.6. The Labute approximate surface area is 126 Å². The van der Waals surface area contributed by atoms with Crippen LogP contribution in [0.25, 0.3) is 0 Å². The Bertz CT molecular complexity index is 519. The Morgan fingerprint density at radius 1 is 1.20 bits per heavy atom. The Balaban J connectivity index is 2.17. The molecule has 0 spiro atoms. The number of hydrogen-bond acceptors (Lipinski definition) is 2. The smallest absolute Gasteiger partial charge is 0.0556 e. The number of benzene rings is 1. The van der Waals surface area contributed by atoms with Crippen LogP contribution in [0.5, 0.6) is 0 Å². The van der Waals surface area contributed by atoms with E-state index in [-0.39, 0.29) is 0 Å². The van der Waals surface area contributed by atoms with Gasteiger partial charge in [0.1, 0.15) is 0 Å². The molecule has 0 aliphatic rings. The van der Waals surface area contributed by atoms with E-state index in [9.17, 15) is 0 Å². The van der Waals surface area contributed by atoms with Gasteiger partial charge in [0.25, 0.3) is 0 Å². The molecule has 2 aromatic rings. The molecule has 20 heavy (non-hydrogen) atoms. The van der Waals surface area contributed by atoms with Gasteiger partial charge in [0.05, 0.1) is 11.7 Å². The average molecular weight is 292 g/mol. The van der Waals surface area contributed by atoms with E-state index in [1.54, 1.807) is 0 Å². The van der Waals surface area contributed by atoms with Crippen molar-refractivity contribution in [3.8, 4) is 0 Å². The lowest BCUT2D eigenvalue weighted by Crippen LogP contribution is -2.26. The van der Waals surface area contributed by atoms with Gasteiger partial charge < -0.3 is 5.32 Å². The molecule has 2 rings (SSSR count). The summed E-state index contributed by atoms with van der Waals surface area (Å²) in [5.41, 5.74) is 2.53. The molecule has 0 bridgehead atoms. The third-order valence-corrected chi connectivity index (χ3v) is 3.65. The maximum atomic E-state index is 5.95. The highest BCUT2D eigenvalue weighted by Gasteiger charge is 2.15. The van der Waals surface area contributed by atoms with Crippen molar-refractivity contribution < 1.29 is 0 Å². The number of nitrogens with one attached hydrogen (secondary N) is 1. The fraction of sp³-hybridized carbons (Fsp3) is 0.438. The highest BCUT2D eigenvalue weighted by Crippen LogP contribution is 2.20. The summed E-state index contributed by atoms with van der Waals surface area (Å²) in [4.78, 5) is 0. The molecule has 1 atom stereocenters. The van der Waals surface area contributed by atoms with Crippen molar-refractivity contribution in [1.29, 1.82) is 0 Å². The molecule has 0 saturated carbocycles. The minimum Gasteiger partial charge on any atom is -0.308 e. The maximum Gasteiger partial charge on any atom is 0.0556 e. The van der Waals surface area contributed by atoms with E-state index < -0.39 is 0 Å². The lowest BCUT2D eigenvalue weighted by atomic mass is 10.0. The van der Waals surface area contributed by atoms with Crippen LogP contribution in [-0.2, 0) is 13.0 Å². The monoisotopic (exact) mass is 291 g/mol. The van der Waals surface area contributed by atoms with E-state index in [0.717, 1.165) is 31.0 Å². The number of rotatable bonds is 7. The Hall–Kier alpha value is -1.32. The summed E-state index contributed by atoms with van der Waals surface area (Å²) in [5, 5.41) is 8.77. The molecule has 0 saturated heterocycles. The first-order chi connectivity index (χ1) is 9.74. The van der Waals surface area contributed by atoms with Crippen LogP contribution in [-0.4, -0.2) is 16.3 Å². The van der Waals surface area contributed by atoms with E-state index in [1.165, 1.54) is 11.3 Å². The van der Waals surface area contributed by atoms with Crippen LogP contribution in [0.1, 0.15) is 37.6 Å². The van der Waals surface area contributed by atoms with Crippen LogP contribution in [0.3, 0.4) is 0 Å². The van der Waals surface area contributed by atoms with E-state index in [4.69, 9.17) is 11.6 Å². The average Bonchev–Trinajstić information content (AvgIpc) is 2.94. The van der Waals surface area contributed by atoms with Gasteiger partial charge in [0, 0.05) is 17.8 Å². The maximum absolute atomic E-state index is 5.95. The van der Waals surface area contributed by atoms with Gasteiger partial charge in [-0.05, 0) is 50.1 Å². The van der Waals surface area contributed by atoms with E-state index in [2.05, 4.69) is 47.1 Å². The Morgan fingerprint density at radius 3 is 2.60 bits per heavy atom. The first-order valence-electron chi connectivity index (χ1n) is 7.24. The largest absolute Gasteiger partial charge is 0.308 e. The fourth-order valence-electron chi connectivity index (χ4n) is 2.36. The van der Waals surface area contributed by atoms with Gasteiger partial charge in [-0.25, -0.2) is 0 Å². The lowest BCUT2D eigenvalue weighted by molar-refractivity contribution is 0.479. The quantitative estimate of drug-likeness (QED) is 0.840. The van der Waals surface area contributed by atoms with Gasteiger partial charge >= 0.3 is 0 Å². The van der Waals surface area contributed by atoms with Gasteiger partial charge in [-0.1, -0.05) is 30.7 Å². The summed E-state index contributed by atoms with van der Waals surface area (Å²) in [5.74, 6) is 0. The number of hydrogen-bond donors (Lipinski definition) is 1. The zero-order valence-electron chi connectivity index (χ0n) is 12.1. The zero-order chi connectivity index (χ0) is 14.4. The highest BCUT2D eigenvalue weighted by molar-refractivity contribution is 6.30. The molecule has 0 aliphatic heterocycles. The van der Waals surface area contributed by atoms with E-state index >= 15 is 0 Å². The number of halogens is 1. The fourth-order valence-corrected chi connectivity index (χ4v) is 2.49. The summed E-state index contributed by atoms with van der Waals surface area (Å²) in [6.07, 6.45) is 3.95. The summed E-state index contributed by atoms with van der Waals surface area (Å²) >= 11 is 5.95. The van der Waals surface area contributed by atoms with E-state index in [0.29, 0.717) is 6.04 Å². The summed E-state index contributed by atoms with van der Waals surface area (Å²) in [6.45, 7) is 6.21. The molecule has 4 heteroatoms. The second kappa shape index (κ2) is 7.46. The summed E-state index contributed by atoms with van der Waals surface area (Å²) in [7, 11) is 0. The minimum absolute atomic E-state index is 0.290. The number of nitrogens with zero attached hydrogens (tertiary/aromatic N) is 2. The standard InChI is InChI=1S/C16H22ClN3/c1-3-10-18-15(16-9-11-19-20(16)4-2)12-13-5-7-14(17)8-6-13/h5-9,11,15,18H,3-4,10,12H2,1-2H3. The summed E-state index contributed by atoms with van der Waals surface area (Å²) < 4.78 is 2.06. The van der Waals surface area contributed by atoms with Crippen LogP contribution in [0.2, 0.25) is 5.02 Å². The van der Waals surface area contributed by atoms with Crippen molar-refractivity contribution in [3.63, 3.8) is 0 Å². The minimum atomic E-state index is 0.290. The number of aromatic nitrogens is 2. The molecule has 0 amide bonds. The van der Waals surface area contributed by atoms with Crippen LogP contribution < -0.4 is 5.32 Å². The van der Waals surface area contributed by atoms with Crippen LogP contribution in [0.15, 0.2) is 36.5 Å². The third-order valence-electron chi connectivity index (χ3n) is 3.40.